The molecule has 0 heterocycles. The van der Waals surface area contributed by atoms with Gasteiger partial charge >= 0.3 is 11.9 Å². The van der Waals surface area contributed by atoms with Gasteiger partial charge in [0.25, 0.3) is 0 Å². The molecule has 0 atom stereocenters. The molecule has 0 radical (unpaired) electrons. The van der Waals surface area contributed by atoms with Gasteiger partial charge < -0.3 is 9.47 Å². The first kappa shape index (κ1) is 23.7. The number of esters is 2. The second-order valence-corrected chi connectivity index (χ2v) is 8.96. The molecule has 34 heavy (non-hydrogen) atoms. The first-order chi connectivity index (χ1) is 16.7. The highest BCUT2D eigenvalue weighted by atomic mass is 16.6. The van der Waals surface area contributed by atoms with Gasteiger partial charge in [0.2, 0.25) is 0 Å². The Balaban J connectivity index is 1.74. The molecule has 4 nitrogen and oxygen atoms in total. The highest BCUT2D eigenvalue weighted by Gasteiger charge is 2.24. The molecule has 4 rings (SSSR count). The van der Waals surface area contributed by atoms with Crippen molar-refractivity contribution in [3.05, 3.63) is 95.1 Å². The smallest absolute Gasteiger partial charge is 0.343 e. The summed E-state index contributed by atoms with van der Waals surface area (Å²) in [7, 11) is 0. The predicted octanol–water partition coefficient (Wildman–Crippen LogP) is 7.52. The zero-order valence-corrected chi connectivity index (χ0v) is 19.8. The summed E-state index contributed by atoms with van der Waals surface area (Å²) >= 11 is 0. The highest BCUT2D eigenvalue weighted by molar-refractivity contribution is 5.93. The van der Waals surface area contributed by atoms with E-state index >= 15 is 0 Å². The Hall–Kier alpha value is -3.40. The number of rotatable bonds is 8. The first-order valence-corrected chi connectivity index (χ1v) is 12.4. The molecular formula is C30H32O4. The lowest BCUT2D eigenvalue weighted by molar-refractivity contribution is 0.0680. The Morgan fingerprint density at radius 2 is 1.38 bits per heavy atom. The molecule has 0 saturated heterocycles. The minimum absolute atomic E-state index is 0.326. The Morgan fingerprint density at radius 3 is 1.97 bits per heavy atom. The van der Waals surface area contributed by atoms with Crippen molar-refractivity contribution in [3.8, 4) is 11.5 Å². The predicted molar refractivity (Wildman–Crippen MR) is 134 cm³/mol. The fourth-order valence-electron chi connectivity index (χ4n) is 4.56. The van der Waals surface area contributed by atoms with Crippen LogP contribution in [0.25, 0.3) is 0 Å². The number of carbonyl (C=O) groups excluding carboxylic acids is 2. The number of hydrogen-bond donors (Lipinski definition) is 0. The van der Waals surface area contributed by atoms with Crippen LogP contribution in [-0.4, -0.2) is 11.9 Å². The molecule has 3 aromatic rings. The molecule has 0 N–H and O–H groups in total. The molecule has 0 unspecified atom stereocenters. The Bertz CT molecular complexity index is 1100. The maximum Gasteiger partial charge on any atom is 0.343 e. The van der Waals surface area contributed by atoms with Crippen LogP contribution in [0.1, 0.15) is 89.6 Å². The molecule has 0 bridgehead atoms. The van der Waals surface area contributed by atoms with E-state index in [1.807, 2.05) is 18.2 Å². The van der Waals surface area contributed by atoms with Gasteiger partial charge in [0, 0.05) is 0 Å². The van der Waals surface area contributed by atoms with Gasteiger partial charge in [0.1, 0.15) is 0 Å². The van der Waals surface area contributed by atoms with Crippen molar-refractivity contribution in [2.24, 2.45) is 0 Å². The van der Waals surface area contributed by atoms with Gasteiger partial charge in [-0.25, -0.2) is 9.59 Å². The standard InChI is InChI=1S/C30H32O4/c1-2-3-13-25-20-26(22-14-7-4-8-15-22)21-27(33-29(31)23-16-9-5-10-17-23)28(25)34-30(32)24-18-11-6-12-19-24/h5-6,9-12,16-22H,2-4,7-8,13-15H2,1H3. The third-order valence-electron chi connectivity index (χ3n) is 6.45. The van der Waals surface area contributed by atoms with Gasteiger partial charge in [-0.3, -0.25) is 0 Å². The topological polar surface area (TPSA) is 52.6 Å². The van der Waals surface area contributed by atoms with E-state index in [9.17, 15) is 9.59 Å². The third kappa shape index (κ3) is 5.93. The summed E-state index contributed by atoms with van der Waals surface area (Å²) in [6.45, 7) is 2.14. The highest BCUT2D eigenvalue weighted by Crippen LogP contribution is 2.41. The van der Waals surface area contributed by atoms with Crippen LogP contribution in [0.5, 0.6) is 11.5 Å². The summed E-state index contributed by atoms with van der Waals surface area (Å²) < 4.78 is 11.8. The van der Waals surface area contributed by atoms with Crippen molar-refractivity contribution in [2.75, 3.05) is 0 Å². The molecule has 1 fully saturated rings. The maximum atomic E-state index is 13.0. The van der Waals surface area contributed by atoms with Crippen LogP contribution in [0, 0.1) is 0 Å². The lowest BCUT2D eigenvalue weighted by Gasteiger charge is -2.24. The minimum atomic E-state index is -0.458. The fourth-order valence-corrected chi connectivity index (χ4v) is 4.56. The Kier molecular flexibility index (Phi) is 8.13. The average Bonchev–Trinajstić information content (AvgIpc) is 2.90. The van der Waals surface area contributed by atoms with Crippen molar-refractivity contribution in [1.29, 1.82) is 0 Å². The van der Waals surface area contributed by atoms with Crippen LogP contribution in [0.4, 0.5) is 0 Å². The van der Waals surface area contributed by atoms with Crippen molar-refractivity contribution in [2.45, 2.75) is 64.2 Å². The molecule has 1 aliphatic rings. The van der Waals surface area contributed by atoms with Crippen molar-refractivity contribution in [1.82, 2.24) is 0 Å². The van der Waals surface area contributed by atoms with Crippen LogP contribution < -0.4 is 9.47 Å². The van der Waals surface area contributed by atoms with Crippen LogP contribution >= 0.6 is 0 Å². The fraction of sp³-hybridized carbons (Fsp3) is 0.333. The molecule has 4 heteroatoms. The first-order valence-electron chi connectivity index (χ1n) is 12.4. The second kappa shape index (κ2) is 11.6. The molecule has 0 aromatic heterocycles. The largest absolute Gasteiger partial charge is 0.419 e. The van der Waals surface area contributed by atoms with E-state index in [1.54, 1.807) is 48.5 Å². The molecule has 1 aliphatic carbocycles. The quantitative estimate of drug-likeness (QED) is 0.260. The van der Waals surface area contributed by atoms with E-state index in [0.29, 0.717) is 28.5 Å². The van der Waals surface area contributed by atoms with E-state index < -0.39 is 11.9 Å². The molecule has 0 spiro atoms. The zero-order valence-electron chi connectivity index (χ0n) is 19.8. The van der Waals surface area contributed by atoms with Crippen LogP contribution in [-0.2, 0) is 6.42 Å². The maximum absolute atomic E-state index is 13.0. The van der Waals surface area contributed by atoms with E-state index in [4.69, 9.17) is 9.47 Å². The number of hydrogen-bond acceptors (Lipinski definition) is 4. The second-order valence-electron chi connectivity index (χ2n) is 8.96. The van der Waals surface area contributed by atoms with Gasteiger partial charge in [0.15, 0.2) is 11.5 Å². The lowest BCUT2D eigenvalue weighted by atomic mass is 9.83. The number of benzene rings is 3. The van der Waals surface area contributed by atoms with E-state index in [-0.39, 0.29) is 0 Å². The SMILES string of the molecule is CCCCc1cc(C2CCCCC2)cc(OC(=O)c2ccccc2)c1OC(=O)c1ccccc1. The number of unbranched alkanes of at least 4 members (excludes halogenated alkanes) is 1. The van der Waals surface area contributed by atoms with Crippen LogP contribution in [0.2, 0.25) is 0 Å². The summed E-state index contributed by atoms with van der Waals surface area (Å²) in [4.78, 5) is 25.9. The van der Waals surface area contributed by atoms with Gasteiger partial charge in [0.05, 0.1) is 11.1 Å². The molecule has 0 aliphatic heterocycles. The average molecular weight is 457 g/mol. The number of ether oxygens (including phenoxy) is 2. The lowest BCUT2D eigenvalue weighted by Crippen LogP contribution is -2.15. The minimum Gasteiger partial charge on any atom is -0.419 e. The van der Waals surface area contributed by atoms with Crippen molar-refractivity contribution >= 4 is 11.9 Å². The van der Waals surface area contributed by atoms with Gasteiger partial charge in [-0.2, -0.15) is 0 Å². The number of carbonyl (C=O) groups is 2. The molecular weight excluding hydrogens is 424 g/mol. The normalized spacial score (nSPS) is 13.9. The van der Waals surface area contributed by atoms with Gasteiger partial charge in [-0.15, -0.1) is 0 Å². The van der Waals surface area contributed by atoms with Crippen LogP contribution in [0.15, 0.2) is 72.8 Å². The van der Waals surface area contributed by atoms with E-state index in [1.165, 1.54) is 24.8 Å². The van der Waals surface area contributed by atoms with E-state index in [2.05, 4.69) is 13.0 Å². The monoisotopic (exact) mass is 456 g/mol. The number of aryl methyl sites for hydroxylation is 1. The Labute approximate surface area is 201 Å². The molecule has 176 valence electrons. The summed E-state index contributed by atoms with van der Waals surface area (Å²) in [5, 5.41) is 0. The van der Waals surface area contributed by atoms with Crippen molar-refractivity contribution in [3.63, 3.8) is 0 Å². The molecule has 0 amide bonds. The summed E-state index contributed by atoms with van der Waals surface area (Å²) in [6.07, 6.45) is 8.66. The van der Waals surface area contributed by atoms with Gasteiger partial charge in [-0.05, 0) is 73.1 Å². The molecule has 1 saturated carbocycles. The third-order valence-corrected chi connectivity index (χ3v) is 6.45. The molecule has 3 aromatic carbocycles. The van der Waals surface area contributed by atoms with Crippen LogP contribution in [0.3, 0.4) is 0 Å². The van der Waals surface area contributed by atoms with E-state index in [0.717, 1.165) is 37.7 Å². The summed E-state index contributed by atoms with van der Waals surface area (Å²) in [6, 6.07) is 21.9. The van der Waals surface area contributed by atoms with Gasteiger partial charge in [-0.1, -0.05) is 75.1 Å². The zero-order chi connectivity index (χ0) is 23.8. The van der Waals surface area contributed by atoms with Crippen molar-refractivity contribution < 1.29 is 19.1 Å². The summed E-state index contributed by atoms with van der Waals surface area (Å²) in [5.41, 5.74) is 3.01. The Morgan fingerprint density at radius 1 is 0.794 bits per heavy atom. The summed E-state index contributed by atoms with van der Waals surface area (Å²) in [5.74, 6) is 0.196.